The molecule has 0 saturated heterocycles. The van der Waals surface area contributed by atoms with Crippen molar-refractivity contribution in [2.75, 3.05) is 19.5 Å². The number of ether oxygens (including phenoxy) is 2. The Morgan fingerprint density at radius 3 is 2.36 bits per heavy atom. The van der Waals surface area contributed by atoms with E-state index in [2.05, 4.69) is 15.0 Å². The minimum Gasteiger partial charge on any atom is -0.496 e. The lowest BCUT2D eigenvalue weighted by atomic mass is 9.85. The van der Waals surface area contributed by atoms with Crippen LogP contribution >= 0.6 is 0 Å². The van der Waals surface area contributed by atoms with Gasteiger partial charge in [-0.3, -0.25) is 4.79 Å². The van der Waals surface area contributed by atoms with E-state index in [0.29, 0.717) is 11.3 Å². The molecule has 0 aliphatic carbocycles. The first-order chi connectivity index (χ1) is 13.1. The van der Waals surface area contributed by atoms with Crippen LogP contribution in [0.1, 0.15) is 42.4 Å². The molecule has 0 atom stereocenters. The summed E-state index contributed by atoms with van der Waals surface area (Å²) in [6.45, 7) is 5.76. The van der Waals surface area contributed by atoms with Gasteiger partial charge < -0.3 is 14.8 Å². The minimum atomic E-state index is -0.831. The van der Waals surface area contributed by atoms with E-state index in [0.717, 1.165) is 19.4 Å². The van der Waals surface area contributed by atoms with E-state index in [1.807, 2.05) is 20.8 Å². The number of hydrogen-bond acceptors (Lipinski definition) is 5. The van der Waals surface area contributed by atoms with Gasteiger partial charge in [0.15, 0.2) is 11.5 Å². The summed E-state index contributed by atoms with van der Waals surface area (Å²) in [6.07, 6.45) is 0.450. The third kappa shape index (κ3) is 4.82. The Kier molecular flexibility index (Phi) is 6.33. The number of rotatable bonds is 5. The number of halogens is 2. The number of pyridine rings is 1. The van der Waals surface area contributed by atoms with E-state index in [-0.39, 0.29) is 28.8 Å². The maximum atomic E-state index is 14.5. The summed E-state index contributed by atoms with van der Waals surface area (Å²) in [5.74, 6) is -2.37. The van der Waals surface area contributed by atoms with Gasteiger partial charge >= 0.3 is 5.97 Å². The number of methoxy groups -OCH3 is 2. The molecule has 1 N–H and O–H groups in total. The Morgan fingerprint density at radius 1 is 1.11 bits per heavy atom. The van der Waals surface area contributed by atoms with Crippen LogP contribution < -0.4 is 10.1 Å². The van der Waals surface area contributed by atoms with E-state index in [1.165, 1.54) is 19.2 Å². The zero-order valence-electron chi connectivity index (χ0n) is 16.4. The highest BCUT2D eigenvalue weighted by Gasteiger charge is 2.22. The van der Waals surface area contributed by atoms with E-state index in [1.54, 1.807) is 0 Å². The molecule has 28 heavy (non-hydrogen) atoms. The highest BCUT2D eigenvalue weighted by atomic mass is 19.1. The van der Waals surface area contributed by atoms with Crippen LogP contribution in [0.4, 0.5) is 14.5 Å². The number of anilines is 1. The molecule has 0 aliphatic heterocycles. The van der Waals surface area contributed by atoms with Gasteiger partial charge in [-0.05, 0) is 23.6 Å². The Morgan fingerprint density at radius 2 is 1.79 bits per heavy atom. The van der Waals surface area contributed by atoms with Gasteiger partial charge in [-0.15, -0.1) is 0 Å². The maximum Gasteiger partial charge on any atom is 0.356 e. The van der Waals surface area contributed by atoms with Gasteiger partial charge in [0.05, 0.1) is 32.5 Å². The first-order valence-electron chi connectivity index (χ1n) is 8.47. The molecule has 1 heterocycles. The van der Waals surface area contributed by atoms with E-state index < -0.39 is 23.5 Å². The summed E-state index contributed by atoms with van der Waals surface area (Å²) in [5, 5.41) is 2.32. The smallest absolute Gasteiger partial charge is 0.356 e. The molecule has 6 nitrogen and oxygen atoms in total. The molecule has 8 heteroatoms. The number of hydrogen-bond donors (Lipinski definition) is 1. The number of aromatic nitrogens is 1. The van der Waals surface area contributed by atoms with Crippen molar-refractivity contribution in [3.8, 4) is 5.75 Å². The predicted octanol–water partition coefficient (Wildman–Crippen LogP) is 3.63. The first kappa shape index (κ1) is 21.3. The first-order valence-corrected chi connectivity index (χ1v) is 8.47. The molecule has 0 aliphatic rings. The standard InChI is InChI=1S/C20H22F2N2O4/c1-20(2,3)12-8-13(21)11(6-17(12)27-4)7-18(25)24-15-9-16(19(26)28-5)23-10-14(15)22/h6,8-10H,7H2,1-5H3,(H,23,24,25). The van der Waals surface area contributed by atoms with Crippen molar-refractivity contribution < 1.29 is 27.8 Å². The average molecular weight is 392 g/mol. The van der Waals surface area contributed by atoms with Crippen LogP contribution in [0.3, 0.4) is 0 Å². The molecule has 0 fully saturated rings. The molecule has 1 amide bonds. The van der Waals surface area contributed by atoms with Crippen LogP contribution in [0.2, 0.25) is 0 Å². The van der Waals surface area contributed by atoms with Crippen molar-refractivity contribution in [1.29, 1.82) is 0 Å². The Hall–Kier alpha value is -3.03. The molecule has 0 radical (unpaired) electrons. The summed E-state index contributed by atoms with van der Waals surface area (Å²) < 4.78 is 38.2. The van der Waals surface area contributed by atoms with Crippen molar-refractivity contribution >= 4 is 17.6 Å². The third-order valence-electron chi connectivity index (χ3n) is 4.05. The predicted molar refractivity (Wildman–Crippen MR) is 99.5 cm³/mol. The number of esters is 1. The number of amides is 1. The topological polar surface area (TPSA) is 77.5 Å². The van der Waals surface area contributed by atoms with Crippen molar-refractivity contribution in [2.24, 2.45) is 0 Å². The summed E-state index contributed by atoms with van der Waals surface area (Å²) in [6, 6.07) is 3.85. The fourth-order valence-electron chi connectivity index (χ4n) is 2.60. The fraction of sp³-hybridized carbons (Fsp3) is 0.350. The molecular weight excluding hydrogens is 370 g/mol. The van der Waals surface area contributed by atoms with Gasteiger partial charge in [-0.25, -0.2) is 18.6 Å². The normalized spacial score (nSPS) is 11.1. The van der Waals surface area contributed by atoms with Crippen molar-refractivity contribution in [3.63, 3.8) is 0 Å². The Bertz CT molecular complexity index is 908. The van der Waals surface area contributed by atoms with Crippen molar-refractivity contribution in [3.05, 3.63) is 52.9 Å². The maximum absolute atomic E-state index is 14.5. The fourth-order valence-corrected chi connectivity index (χ4v) is 2.60. The second-order valence-electron chi connectivity index (χ2n) is 7.16. The number of carbonyl (C=O) groups excluding carboxylic acids is 2. The van der Waals surface area contributed by atoms with Gasteiger partial charge in [-0.1, -0.05) is 20.8 Å². The van der Waals surface area contributed by atoms with Crippen molar-refractivity contribution in [1.82, 2.24) is 4.98 Å². The lowest BCUT2D eigenvalue weighted by molar-refractivity contribution is -0.115. The number of carbonyl (C=O) groups is 2. The monoisotopic (exact) mass is 392 g/mol. The molecule has 0 spiro atoms. The molecule has 1 aromatic carbocycles. The van der Waals surface area contributed by atoms with Crippen LogP contribution in [-0.2, 0) is 21.4 Å². The molecule has 0 bridgehead atoms. The molecule has 1 aromatic heterocycles. The summed E-state index contributed by atoms with van der Waals surface area (Å²) in [5.41, 5.74) is 0.00229. The van der Waals surface area contributed by atoms with Crippen LogP contribution in [0, 0.1) is 11.6 Å². The molecule has 0 saturated carbocycles. The van der Waals surface area contributed by atoms with E-state index >= 15 is 0 Å². The van der Waals surface area contributed by atoms with Gasteiger partial charge in [-0.2, -0.15) is 0 Å². The Balaban J connectivity index is 2.25. The zero-order valence-corrected chi connectivity index (χ0v) is 16.4. The molecular formula is C20H22F2N2O4. The number of nitrogens with one attached hydrogen (secondary N) is 1. The summed E-state index contributed by atoms with van der Waals surface area (Å²) in [4.78, 5) is 27.4. The van der Waals surface area contributed by atoms with Crippen LogP contribution in [0.25, 0.3) is 0 Å². The average Bonchev–Trinajstić information content (AvgIpc) is 2.63. The lowest BCUT2D eigenvalue weighted by Gasteiger charge is -2.23. The third-order valence-corrected chi connectivity index (χ3v) is 4.05. The second-order valence-corrected chi connectivity index (χ2v) is 7.16. The highest BCUT2D eigenvalue weighted by Crippen LogP contribution is 2.33. The number of nitrogens with zero attached hydrogens (tertiary/aromatic N) is 1. The van der Waals surface area contributed by atoms with Gasteiger partial charge in [0.2, 0.25) is 5.91 Å². The van der Waals surface area contributed by atoms with E-state index in [4.69, 9.17) is 4.74 Å². The molecule has 2 aromatic rings. The van der Waals surface area contributed by atoms with Gasteiger partial charge in [0.1, 0.15) is 11.6 Å². The molecule has 150 valence electrons. The molecule has 0 unspecified atom stereocenters. The second kappa shape index (κ2) is 8.33. The summed E-state index contributed by atoms with van der Waals surface area (Å²) >= 11 is 0. The van der Waals surface area contributed by atoms with Crippen LogP contribution in [0.5, 0.6) is 5.75 Å². The number of benzene rings is 1. The summed E-state index contributed by atoms with van der Waals surface area (Å²) in [7, 11) is 2.62. The van der Waals surface area contributed by atoms with Gasteiger partial charge in [0.25, 0.3) is 0 Å². The lowest BCUT2D eigenvalue weighted by Crippen LogP contribution is -2.18. The quantitative estimate of drug-likeness (QED) is 0.787. The molecule has 2 rings (SSSR count). The van der Waals surface area contributed by atoms with Crippen LogP contribution in [0.15, 0.2) is 24.4 Å². The van der Waals surface area contributed by atoms with Crippen LogP contribution in [-0.4, -0.2) is 31.1 Å². The highest BCUT2D eigenvalue weighted by molar-refractivity contribution is 5.94. The Labute approximate surface area is 161 Å². The SMILES string of the molecule is COC(=O)c1cc(NC(=O)Cc2cc(OC)c(C(C)(C)C)cc2F)c(F)cn1. The van der Waals surface area contributed by atoms with Gasteiger partial charge in [0, 0.05) is 11.1 Å². The zero-order chi connectivity index (χ0) is 21.1. The minimum absolute atomic E-state index is 0.102. The largest absolute Gasteiger partial charge is 0.496 e. The van der Waals surface area contributed by atoms with Crippen molar-refractivity contribution in [2.45, 2.75) is 32.6 Å². The van der Waals surface area contributed by atoms with E-state index in [9.17, 15) is 18.4 Å².